The van der Waals surface area contributed by atoms with E-state index in [1.165, 1.54) is 7.11 Å². The standard InChI is InChI=1S/C27H20N6O3/c1-33-14-29-32-25(33)20-9-15(13-28)3-7-19(20)18-11-21(16-4-5-16)30-23(12-18)26-31-22-10-17(27(34)35-2)6-8-24(22)36-26/h3,6-12,14,16H,4-5H2,1-2H3. The highest BCUT2D eigenvalue weighted by atomic mass is 16.5. The van der Waals surface area contributed by atoms with Crippen molar-refractivity contribution < 1.29 is 13.9 Å². The van der Waals surface area contributed by atoms with Gasteiger partial charge in [-0.05, 0) is 66.4 Å². The van der Waals surface area contributed by atoms with E-state index in [0.29, 0.717) is 45.6 Å². The number of hydrogen-bond donors (Lipinski definition) is 0. The Balaban J connectivity index is 1.51. The molecule has 3 heterocycles. The van der Waals surface area contributed by atoms with E-state index in [1.807, 2.05) is 29.8 Å². The first-order valence-electron chi connectivity index (χ1n) is 11.4. The largest absolute Gasteiger partial charge is 0.465 e. The summed E-state index contributed by atoms with van der Waals surface area (Å²) in [6.07, 6.45) is 3.79. The van der Waals surface area contributed by atoms with Gasteiger partial charge in [-0.1, -0.05) is 6.07 Å². The molecule has 1 saturated carbocycles. The van der Waals surface area contributed by atoms with Crippen molar-refractivity contribution in [1.82, 2.24) is 24.7 Å². The number of nitrogens with zero attached hydrogens (tertiary/aromatic N) is 6. The summed E-state index contributed by atoms with van der Waals surface area (Å²) in [6.45, 7) is 0. The topological polar surface area (TPSA) is 120 Å². The van der Waals surface area contributed by atoms with Crippen LogP contribution in [0.3, 0.4) is 0 Å². The number of carbonyl (C=O) groups is 1. The zero-order valence-electron chi connectivity index (χ0n) is 19.6. The summed E-state index contributed by atoms with van der Waals surface area (Å²) in [6, 6.07) is 16.8. The molecular formula is C27H20N6O3. The van der Waals surface area contributed by atoms with Crippen molar-refractivity contribution in [1.29, 1.82) is 5.26 Å². The van der Waals surface area contributed by atoms with Crippen LogP contribution in [-0.4, -0.2) is 37.8 Å². The van der Waals surface area contributed by atoms with Crippen molar-refractivity contribution in [2.75, 3.05) is 7.11 Å². The van der Waals surface area contributed by atoms with E-state index in [0.717, 1.165) is 35.2 Å². The van der Waals surface area contributed by atoms with Crippen LogP contribution in [0.4, 0.5) is 0 Å². The molecule has 176 valence electrons. The molecule has 1 aliphatic carbocycles. The van der Waals surface area contributed by atoms with Crippen LogP contribution in [0.5, 0.6) is 0 Å². The summed E-state index contributed by atoms with van der Waals surface area (Å²) in [5.41, 5.74) is 6.22. The summed E-state index contributed by atoms with van der Waals surface area (Å²) < 4.78 is 12.7. The Kier molecular flexibility index (Phi) is 5.08. The van der Waals surface area contributed by atoms with Gasteiger partial charge in [-0.15, -0.1) is 10.2 Å². The number of esters is 1. The number of ether oxygens (including phenoxy) is 1. The highest BCUT2D eigenvalue weighted by Gasteiger charge is 2.27. The number of nitriles is 1. The minimum absolute atomic E-state index is 0.365. The summed E-state index contributed by atoms with van der Waals surface area (Å²) in [5, 5.41) is 17.8. The van der Waals surface area contributed by atoms with Gasteiger partial charge in [-0.25, -0.2) is 14.8 Å². The van der Waals surface area contributed by atoms with E-state index in [2.05, 4.69) is 27.3 Å². The molecule has 0 N–H and O–H groups in total. The van der Waals surface area contributed by atoms with Gasteiger partial charge in [0.15, 0.2) is 11.4 Å². The number of benzene rings is 2. The molecule has 36 heavy (non-hydrogen) atoms. The molecule has 9 heteroatoms. The highest BCUT2D eigenvalue weighted by Crippen LogP contribution is 2.42. The lowest BCUT2D eigenvalue weighted by atomic mass is 9.96. The predicted octanol–water partition coefficient (Wildman–Crippen LogP) is 4.89. The average Bonchev–Trinajstić information content (AvgIpc) is 3.54. The Morgan fingerprint density at radius 2 is 1.97 bits per heavy atom. The molecular weight excluding hydrogens is 456 g/mol. The van der Waals surface area contributed by atoms with Crippen LogP contribution in [0.1, 0.15) is 40.4 Å². The van der Waals surface area contributed by atoms with Gasteiger partial charge in [0.2, 0.25) is 5.89 Å². The Bertz CT molecular complexity index is 1690. The quantitative estimate of drug-likeness (QED) is 0.329. The molecule has 0 radical (unpaired) electrons. The lowest BCUT2D eigenvalue weighted by molar-refractivity contribution is 0.0601. The molecule has 0 atom stereocenters. The third-order valence-electron chi connectivity index (χ3n) is 6.28. The number of carbonyl (C=O) groups excluding carboxylic acids is 1. The van der Waals surface area contributed by atoms with Crippen LogP contribution < -0.4 is 0 Å². The van der Waals surface area contributed by atoms with Crippen LogP contribution in [0.2, 0.25) is 0 Å². The van der Waals surface area contributed by atoms with Crippen molar-refractivity contribution in [3.8, 4) is 40.2 Å². The molecule has 0 aliphatic heterocycles. The molecule has 0 bridgehead atoms. The van der Waals surface area contributed by atoms with Crippen LogP contribution in [0.15, 0.2) is 59.3 Å². The third-order valence-corrected chi connectivity index (χ3v) is 6.28. The zero-order chi connectivity index (χ0) is 24.8. The summed E-state index contributed by atoms with van der Waals surface area (Å²) >= 11 is 0. The molecule has 0 unspecified atom stereocenters. The second-order valence-electron chi connectivity index (χ2n) is 8.77. The number of fused-ring (bicyclic) bond motifs is 1. The Hall–Kier alpha value is -4.84. The molecule has 0 saturated heterocycles. The van der Waals surface area contributed by atoms with E-state index < -0.39 is 5.97 Å². The van der Waals surface area contributed by atoms with Gasteiger partial charge < -0.3 is 13.7 Å². The minimum atomic E-state index is -0.435. The molecule has 0 amide bonds. The van der Waals surface area contributed by atoms with Gasteiger partial charge in [-0.2, -0.15) is 5.26 Å². The second kappa shape index (κ2) is 8.43. The van der Waals surface area contributed by atoms with Crippen LogP contribution in [-0.2, 0) is 11.8 Å². The number of aromatic nitrogens is 5. The van der Waals surface area contributed by atoms with Crippen molar-refractivity contribution >= 4 is 17.1 Å². The van der Waals surface area contributed by atoms with Gasteiger partial charge in [0.05, 0.1) is 24.3 Å². The maximum absolute atomic E-state index is 11.9. The number of oxazole rings is 1. The van der Waals surface area contributed by atoms with Gasteiger partial charge in [-0.3, -0.25) is 0 Å². The van der Waals surface area contributed by atoms with Crippen LogP contribution >= 0.6 is 0 Å². The van der Waals surface area contributed by atoms with E-state index in [-0.39, 0.29) is 0 Å². The average molecular weight is 476 g/mol. The zero-order valence-corrected chi connectivity index (χ0v) is 19.6. The molecule has 0 spiro atoms. The normalized spacial score (nSPS) is 13.0. The Labute approximate surface area is 206 Å². The maximum Gasteiger partial charge on any atom is 0.337 e. The molecule has 9 nitrogen and oxygen atoms in total. The fraction of sp³-hybridized carbons (Fsp3) is 0.185. The fourth-order valence-electron chi connectivity index (χ4n) is 4.26. The Morgan fingerprint density at radius 1 is 1.11 bits per heavy atom. The van der Waals surface area contributed by atoms with Crippen LogP contribution in [0, 0.1) is 11.3 Å². The molecule has 6 rings (SSSR count). The Morgan fingerprint density at radius 3 is 2.69 bits per heavy atom. The highest BCUT2D eigenvalue weighted by molar-refractivity contribution is 5.93. The number of rotatable bonds is 5. The van der Waals surface area contributed by atoms with Gasteiger partial charge in [0, 0.05) is 24.2 Å². The summed E-state index contributed by atoms with van der Waals surface area (Å²) in [5.74, 6) is 0.973. The molecule has 1 aliphatic rings. The van der Waals surface area contributed by atoms with E-state index >= 15 is 0 Å². The first-order chi connectivity index (χ1) is 17.5. The monoisotopic (exact) mass is 476 g/mol. The number of pyridine rings is 1. The predicted molar refractivity (Wildman–Crippen MR) is 131 cm³/mol. The van der Waals surface area contributed by atoms with E-state index in [9.17, 15) is 10.1 Å². The minimum Gasteiger partial charge on any atom is -0.465 e. The molecule has 1 fully saturated rings. The molecule has 2 aromatic carbocycles. The summed E-state index contributed by atoms with van der Waals surface area (Å²) in [7, 11) is 3.21. The smallest absolute Gasteiger partial charge is 0.337 e. The lowest BCUT2D eigenvalue weighted by Crippen LogP contribution is -2.00. The first kappa shape index (κ1) is 21.7. The van der Waals surface area contributed by atoms with Gasteiger partial charge in [0.25, 0.3) is 0 Å². The van der Waals surface area contributed by atoms with Crippen molar-refractivity contribution in [3.05, 3.63) is 71.7 Å². The van der Waals surface area contributed by atoms with Crippen LogP contribution in [0.25, 0.3) is 45.2 Å². The number of methoxy groups -OCH3 is 1. The lowest BCUT2D eigenvalue weighted by Gasteiger charge is -2.12. The van der Waals surface area contributed by atoms with Gasteiger partial charge >= 0.3 is 5.97 Å². The van der Waals surface area contributed by atoms with E-state index in [1.54, 1.807) is 30.6 Å². The van der Waals surface area contributed by atoms with E-state index in [4.69, 9.17) is 14.1 Å². The molecule has 5 aromatic rings. The van der Waals surface area contributed by atoms with Crippen molar-refractivity contribution in [3.63, 3.8) is 0 Å². The van der Waals surface area contributed by atoms with Gasteiger partial charge in [0.1, 0.15) is 17.5 Å². The maximum atomic E-state index is 11.9. The number of hydrogen-bond acceptors (Lipinski definition) is 8. The first-order valence-corrected chi connectivity index (χ1v) is 11.4. The SMILES string of the molecule is COC(=O)c1ccc2oc(-c3cc(-c4ccc(C#N)cc4-c4nncn4C)cc(C4CC4)n3)nc2c1. The molecule has 3 aromatic heterocycles. The summed E-state index contributed by atoms with van der Waals surface area (Å²) in [4.78, 5) is 21.4. The third kappa shape index (κ3) is 3.79. The second-order valence-corrected chi connectivity index (χ2v) is 8.77. The van der Waals surface area contributed by atoms with Crippen molar-refractivity contribution in [2.24, 2.45) is 7.05 Å². The van der Waals surface area contributed by atoms with Crippen molar-refractivity contribution in [2.45, 2.75) is 18.8 Å². The fourth-order valence-corrected chi connectivity index (χ4v) is 4.26. The number of aryl methyl sites for hydroxylation is 1.